The third-order valence-electron chi connectivity index (χ3n) is 3.09. The summed E-state index contributed by atoms with van der Waals surface area (Å²) in [6, 6.07) is 0.146. The van der Waals surface area contributed by atoms with Gasteiger partial charge in [-0.05, 0) is 33.6 Å². The molecule has 0 atom stereocenters. The van der Waals surface area contributed by atoms with E-state index in [1.54, 1.807) is 0 Å². The van der Waals surface area contributed by atoms with Crippen LogP contribution in [0.5, 0.6) is 0 Å². The average Bonchev–Trinajstić information content (AvgIpc) is 2.27. The van der Waals surface area contributed by atoms with Gasteiger partial charge in [-0.1, -0.05) is 19.3 Å². The van der Waals surface area contributed by atoms with Crippen molar-refractivity contribution in [1.29, 1.82) is 0 Å². The molecule has 1 saturated carbocycles. The van der Waals surface area contributed by atoms with Gasteiger partial charge in [0.2, 0.25) is 5.91 Å². The van der Waals surface area contributed by atoms with Crippen LogP contribution in [0.4, 0.5) is 4.79 Å². The zero-order valence-corrected chi connectivity index (χ0v) is 12.3. The number of rotatable bonds is 4. The van der Waals surface area contributed by atoms with Crippen LogP contribution in [0.25, 0.3) is 0 Å². The molecule has 0 unspecified atom stereocenters. The second kappa shape index (κ2) is 7.36. The van der Waals surface area contributed by atoms with Crippen LogP contribution >= 0.6 is 0 Å². The Bertz CT molecular complexity index is 304. The highest BCUT2D eigenvalue weighted by molar-refractivity contribution is 5.78. The quantitative estimate of drug-likeness (QED) is 0.730. The average molecular weight is 269 g/mol. The maximum Gasteiger partial charge on any atom is 0.315 e. The number of amides is 3. The van der Waals surface area contributed by atoms with Crippen molar-refractivity contribution in [1.82, 2.24) is 16.0 Å². The maximum atomic E-state index is 11.6. The number of hydrogen-bond donors (Lipinski definition) is 3. The Morgan fingerprint density at radius 1 is 1.11 bits per heavy atom. The summed E-state index contributed by atoms with van der Waals surface area (Å²) in [5.41, 5.74) is -0.221. The van der Waals surface area contributed by atoms with Gasteiger partial charge in [-0.2, -0.15) is 0 Å². The van der Waals surface area contributed by atoms with Gasteiger partial charge in [0.15, 0.2) is 0 Å². The lowest BCUT2D eigenvalue weighted by atomic mass is 9.96. The summed E-state index contributed by atoms with van der Waals surface area (Å²) in [4.78, 5) is 23.2. The number of urea groups is 1. The second-order valence-corrected chi connectivity index (χ2v) is 6.28. The fraction of sp³-hybridized carbons (Fsp3) is 0.857. The SMILES string of the molecule is CC(C)(C)NC(=O)CCNC(=O)NC1CCCCC1. The fourth-order valence-electron chi connectivity index (χ4n) is 2.25. The van der Waals surface area contributed by atoms with Gasteiger partial charge in [0.25, 0.3) is 0 Å². The van der Waals surface area contributed by atoms with Crippen LogP contribution in [0.2, 0.25) is 0 Å². The van der Waals surface area contributed by atoms with E-state index in [9.17, 15) is 9.59 Å². The summed E-state index contributed by atoms with van der Waals surface area (Å²) < 4.78 is 0. The van der Waals surface area contributed by atoms with E-state index >= 15 is 0 Å². The van der Waals surface area contributed by atoms with Crippen LogP contribution in [-0.4, -0.2) is 30.1 Å². The predicted octanol–water partition coefficient (Wildman–Crippen LogP) is 1.92. The van der Waals surface area contributed by atoms with Gasteiger partial charge in [-0.15, -0.1) is 0 Å². The molecule has 0 aromatic heterocycles. The molecule has 1 aliphatic rings. The van der Waals surface area contributed by atoms with Gasteiger partial charge >= 0.3 is 6.03 Å². The molecular weight excluding hydrogens is 242 g/mol. The molecule has 0 heterocycles. The number of nitrogens with one attached hydrogen (secondary N) is 3. The Morgan fingerprint density at radius 2 is 1.74 bits per heavy atom. The minimum absolute atomic E-state index is 0.0366. The normalized spacial score (nSPS) is 16.8. The molecule has 1 aliphatic carbocycles. The summed E-state index contributed by atoms with van der Waals surface area (Å²) in [5, 5.41) is 8.56. The predicted molar refractivity (Wildman–Crippen MR) is 75.9 cm³/mol. The van der Waals surface area contributed by atoms with E-state index in [0.29, 0.717) is 19.0 Å². The minimum Gasteiger partial charge on any atom is -0.351 e. The summed E-state index contributed by atoms with van der Waals surface area (Å²) in [5.74, 6) is -0.0366. The summed E-state index contributed by atoms with van der Waals surface area (Å²) in [6.45, 7) is 6.19. The zero-order valence-electron chi connectivity index (χ0n) is 12.3. The van der Waals surface area contributed by atoms with E-state index in [2.05, 4.69) is 16.0 Å². The maximum absolute atomic E-state index is 11.6. The highest BCUT2D eigenvalue weighted by Gasteiger charge is 2.16. The second-order valence-electron chi connectivity index (χ2n) is 6.28. The first-order valence-corrected chi connectivity index (χ1v) is 7.22. The van der Waals surface area contributed by atoms with Crippen molar-refractivity contribution in [2.75, 3.05) is 6.54 Å². The molecule has 1 rings (SSSR count). The Morgan fingerprint density at radius 3 is 2.32 bits per heavy atom. The van der Waals surface area contributed by atoms with Crippen molar-refractivity contribution in [2.24, 2.45) is 0 Å². The molecular formula is C14H27N3O2. The van der Waals surface area contributed by atoms with Crippen LogP contribution in [0, 0.1) is 0 Å². The molecule has 3 amide bonds. The smallest absolute Gasteiger partial charge is 0.315 e. The first-order valence-electron chi connectivity index (χ1n) is 7.22. The first kappa shape index (κ1) is 15.8. The Hall–Kier alpha value is -1.26. The molecule has 110 valence electrons. The van der Waals surface area contributed by atoms with Gasteiger partial charge in [0, 0.05) is 24.5 Å². The molecule has 0 radical (unpaired) electrons. The molecule has 0 aliphatic heterocycles. The third-order valence-corrected chi connectivity index (χ3v) is 3.09. The molecule has 0 aromatic rings. The van der Waals surface area contributed by atoms with Crippen molar-refractivity contribution in [3.05, 3.63) is 0 Å². The molecule has 0 bridgehead atoms. The molecule has 5 nitrogen and oxygen atoms in total. The standard InChI is InChI=1S/C14H27N3O2/c1-14(2,3)17-12(18)9-10-15-13(19)16-11-7-5-4-6-8-11/h11H,4-10H2,1-3H3,(H,17,18)(H2,15,16,19). The fourth-order valence-corrected chi connectivity index (χ4v) is 2.25. The van der Waals surface area contributed by atoms with Crippen molar-refractivity contribution in [2.45, 2.75) is 70.9 Å². The van der Waals surface area contributed by atoms with E-state index < -0.39 is 0 Å². The van der Waals surface area contributed by atoms with Crippen molar-refractivity contribution < 1.29 is 9.59 Å². The minimum atomic E-state index is -0.221. The monoisotopic (exact) mass is 269 g/mol. The molecule has 5 heteroatoms. The lowest BCUT2D eigenvalue weighted by Crippen LogP contribution is -2.45. The molecule has 0 spiro atoms. The van der Waals surface area contributed by atoms with E-state index in [0.717, 1.165) is 12.8 Å². The molecule has 0 saturated heterocycles. The van der Waals surface area contributed by atoms with Crippen LogP contribution in [0.1, 0.15) is 59.3 Å². The molecule has 3 N–H and O–H groups in total. The van der Waals surface area contributed by atoms with E-state index in [1.165, 1.54) is 19.3 Å². The molecule has 0 aromatic carbocycles. The van der Waals surface area contributed by atoms with Crippen molar-refractivity contribution in [3.63, 3.8) is 0 Å². The van der Waals surface area contributed by atoms with Gasteiger partial charge in [-0.3, -0.25) is 4.79 Å². The van der Waals surface area contributed by atoms with E-state index in [-0.39, 0.29) is 17.5 Å². The van der Waals surface area contributed by atoms with Crippen LogP contribution in [0.3, 0.4) is 0 Å². The van der Waals surface area contributed by atoms with Crippen molar-refractivity contribution >= 4 is 11.9 Å². The van der Waals surface area contributed by atoms with Gasteiger partial charge in [0.05, 0.1) is 0 Å². The third kappa shape index (κ3) is 7.70. The largest absolute Gasteiger partial charge is 0.351 e. The number of carbonyl (C=O) groups excluding carboxylic acids is 2. The highest BCUT2D eigenvalue weighted by atomic mass is 16.2. The Kier molecular flexibility index (Phi) is 6.12. The van der Waals surface area contributed by atoms with Crippen LogP contribution in [0.15, 0.2) is 0 Å². The summed E-state index contributed by atoms with van der Waals surface area (Å²) >= 11 is 0. The highest BCUT2D eigenvalue weighted by Crippen LogP contribution is 2.17. The van der Waals surface area contributed by atoms with Crippen LogP contribution in [-0.2, 0) is 4.79 Å². The Labute approximate surface area is 115 Å². The zero-order chi connectivity index (χ0) is 14.3. The summed E-state index contributed by atoms with van der Waals surface area (Å²) in [7, 11) is 0. The van der Waals surface area contributed by atoms with Gasteiger partial charge in [0.1, 0.15) is 0 Å². The van der Waals surface area contributed by atoms with E-state index in [4.69, 9.17) is 0 Å². The van der Waals surface area contributed by atoms with Gasteiger partial charge < -0.3 is 16.0 Å². The van der Waals surface area contributed by atoms with Crippen LogP contribution < -0.4 is 16.0 Å². The molecule has 1 fully saturated rings. The van der Waals surface area contributed by atoms with Crippen molar-refractivity contribution in [3.8, 4) is 0 Å². The van der Waals surface area contributed by atoms with E-state index in [1.807, 2.05) is 20.8 Å². The topological polar surface area (TPSA) is 70.2 Å². The first-order chi connectivity index (χ1) is 8.87. The Balaban J connectivity index is 2.11. The summed E-state index contributed by atoms with van der Waals surface area (Å²) in [6.07, 6.45) is 6.11. The lowest BCUT2D eigenvalue weighted by molar-refractivity contribution is -0.122. The number of carbonyl (C=O) groups is 2. The molecule has 19 heavy (non-hydrogen) atoms. The lowest BCUT2D eigenvalue weighted by Gasteiger charge is -2.23. The number of hydrogen-bond acceptors (Lipinski definition) is 2. The van der Waals surface area contributed by atoms with Gasteiger partial charge in [-0.25, -0.2) is 4.79 Å².